The van der Waals surface area contributed by atoms with E-state index >= 15 is 0 Å². The van der Waals surface area contributed by atoms with Crippen LogP contribution in [0, 0.1) is 0 Å². The first-order valence-corrected chi connectivity index (χ1v) is 9.52. The molecule has 0 unspecified atom stereocenters. The zero-order valence-electron chi connectivity index (χ0n) is 13.8. The lowest BCUT2D eigenvalue weighted by Gasteiger charge is -2.33. The van der Waals surface area contributed by atoms with Crippen molar-refractivity contribution in [3.8, 4) is 0 Å². The normalized spacial score (nSPS) is 19.6. The fraction of sp³-hybridized carbons (Fsp3) is 0.588. The first-order chi connectivity index (χ1) is 10.9. The van der Waals surface area contributed by atoms with E-state index in [9.17, 15) is 14.1 Å². The minimum Gasteiger partial charge on any atom is -0.388 e. The molecule has 23 heavy (non-hydrogen) atoms. The summed E-state index contributed by atoms with van der Waals surface area (Å²) in [5.74, 6) is 0.939. The Morgan fingerprint density at radius 1 is 1.39 bits per heavy atom. The molecule has 2 amide bonds. The summed E-state index contributed by atoms with van der Waals surface area (Å²) in [7, 11) is -0.997. The minimum absolute atomic E-state index is 0.155. The number of hydrogen-bond acceptors (Lipinski definition) is 3. The molecule has 0 bridgehead atoms. The second-order valence-electron chi connectivity index (χ2n) is 6.51. The molecule has 128 valence electrons. The Balaban J connectivity index is 1.75. The Bertz CT molecular complexity index is 543. The van der Waals surface area contributed by atoms with Gasteiger partial charge < -0.3 is 15.3 Å². The molecule has 0 aliphatic carbocycles. The van der Waals surface area contributed by atoms with E-state index in [2.05, 4.69) is 5.32 Å². The molecule has 0 aromatic heterocycles. The molecule has 1 aliphatic rings. The van der Waals surface area contributed by atoms with Gasteiger partial charge in [-0.25, -0.2) is 4.79 Å². The number of rotatable bonds is 6. The van der Waals surface area contributed by atoms with Gasteiger partial charge in [-0.05, 0) is 32.3 Å². The highest BCUT2D eigenvalue weighted by molar-refractivity contribution is 7.84. The first kappa shape index (κ1) is 17.9. The van der Waals surface area contributed by atoms with Crippen LogP contribution >= 0.6 is 0 Å². The molecular weight excluding hydrogens is 312 g/mol. The van der Waals surface area contributed by atoms with Gasteiger partial charge in [0.15, 0.2) is 0 Å². The molecule has 0 spiro atoms. The zero-order valence-corrected chi connectivity index (χ0v) is 14.6. The van der Waals surface area contributed by atoms with Crippen LogP contribution in [0.3, 0.4) is 0 Å². The third-order valence-electron chi connectivity index (χ3n) is 4.11. The van der Waals surface area contributed by atoms with Gasteiger partial charge in [0.25, 0.3) is 0 Å². The number of carbonyl (C=O) groups excluding carboxylic acids is 1. The van der Waals surface area contributed by atoms with Crippen LogP contribution in [0.5, 0.6) is 0 Å². The van der Waals surface area contributed by atoms with Gasteiger partial charge in [0.2, 0.25) is 0 Å². The molecule has 0 radical (unpaired) electrons. The van der Waals surface area contributed by atoms with Gasteiger partial charge in [-0.3, -0.25) is 4.21 Å². The number of nitrogens with zero attached hydrogens (tertiary/aromatic N) is 1. The number of carbonyl (C=O) groups is 1. The summed E-state index contributed by atoms with van der Waals surface area (Å²) < 4.78 is 12.0. The van der Waals surface area contributed by atoms with Crippen molar-refractivity contribution in [3.05, 3.63) is 35.9 Å². The van der Waals surface area contributed by atoms with Crippen LogP contribution in [0.1, 0.15) is 32.3 Å². The zero-order chi connectivity index (χ0) is 16.9. The van der Waals surface area contributed by atoms with Crippen molar-refractivity contribution in [2.75, 3.05) is 18.8 Å². The average molecular weight is 338 g/mol. The van der Waals surface area contributed by atoms with Gasteiger partial charge >= 0.3 is 6.03 Å². The fourth-order valence-corrected chi connectivity index (χ4v) is 3.99. The van der Waals surface area contributed by atoms with E-state index in [1.165, 1.54) is 0 Å². The number of urea groups is 1. The third kappa shape index (κ3) is 5.32. The smallest absolute Gasteiger partial charge is 0.317 e. The Kier molecular flexibility index (Phi) is 6.18. The summed E-state index contributed by atoms with van der Waals surface area (Å²) in [5, 5.41) is 13.0. The van der Waals surface area contributed by atoms with Crippen LogP contribution in [0.2, 0.25) is 0 Å². The summed E-state index contributed by atoms with van der Waals surface area (Å²) >= 11 is 0. The fourth-order valence-electron chi connectivity index (χ4n) is 2.95. The molecule has 1 aromatic carbocycles. The Labute approximate surface area is 140 Å². The summed E-state index contributed by atoms with van der Waals surface area (Å²) in [4.78, 5) is 13.9. The highest BCUT2D eigenvalue weighted by atomic mass is 32.2. The van der Waals surface area contributed by atoms with Crippen molar-refractivity contribution < 1.29 is 14.1 Å². The molecule has 5 nitrogen and oxygen atoms in total. The predicted molar refractivity (Wildman–Crippen MR) is 92.6 cm³/mol. The van der Waals surface area contributed by atoms with E-state index in [0.717, 1.165) is 18.4 Å². The van der Waals surface area contributed by atoms with Crippen LogP contribution in [0.25, 0.3) is 0 Å². The van der Waals surface area contributed by atoms with Gasteiger partial charge in [0.1, 0.15) is 0 Å². The molecule has 1 aromatic rings. The Morgan fingerprint density at radius 3 is 2.74 bits per heavy atom. The van der Waals surface area contributed by atoms with Crippen molar-refractivity contribution in [3.63, 3.8) is 0 Å². The predicted octanol–water partition coefficient (Wildman–Crippen LogP) is 1.88. The standard InChI is InChI=1S/C17H26N2O3S/c1-17(2,21)15-9-6-11-19(15)16(20)18-10-12-23(22)13-14-7-4-3-5-8-14/h3-5,7-8,15,21H,6,9-13H2,1-2H3,(H,18,20)/t15-,23-/m0/s1. The van der Waals surface area contributed by atoms with E-state index in [1.807, 2.05) is 30.3 Å². The highest BCUT2D eigenvalue weighted by Gasteiger charge is 2.38. The van der Waals surface area contributed by atoms with Crippen LogP contribution in [0.4, 0.5) is 4.79 Å². The van der Waals surface area contributed by atoms with Crippen molar-refractivity contribution >= 4 is 16.8 Å². The van der Waals surface area contributed by atoms with Crippen LogP contribution in [0.15, 0.2) is 30.3 Å². The monoisotopic (exact) mass is 338 g/mol. The quantitative estimate of drug-likeness (QED) is 0.832. The van der Waals surface area contributed by atoms with E-state index in [4.69, 9.17) is 0 Å². The second kappa shape index (κ2) is 7.93. The maximum absolute atomic E-state index is 12.2. The van der Waals surface area contributed by atoms with Crippen molar-refractivity contribution in [1.29, 1.82) is 0 Å². The van der Waals surface area contributed by atoms with Gasteiger partial charge in [-0.1, -0.05) is 30.3 Å². The first-order valence-electron chi connectivity index (χ1n) is 8.03. The average Bonchev–Trinajstić information content (AvgIpc) is 2.98. The second-order valence-corrected chi connectivity index (χ2v) is 8.09. The summed E-state index contributed by atoms with van der Waals surface area (Å²) in [5.41, 5.74) is 0.142. The maximum Gasteiger partial charge on any atom is 0.317 e. The van der Waals surface area contributed by atoms with E-state index < -0.39 is 16.4 Å². The van der Waals surface area contributed by atoms with Gasteiger partial charge in [-0.2, -0.15) is 0 Å². The van der Waals surface area contributed by atoms with E-state index in [-0.39, 0.29) is 12.1 Å². The lowest BCUT2D eigenvalue weighted by atomic mass is 9.97. The van der Waals surface area contributed by atoms with Crippen LogP contribution in [-0.2, 0) is 16.6 Å². The Hall–Kier alpha value is -1.40. The molecule has 2 rings (SSSR count). The number of benzene rings is 1. The number of aliphatic hydroxyl groups is 1. The van der Waals surface area contributed by atoms with Crippen LogP contribution in [-0.4, -0.2) is 50.7 Å². The molecule has 1 saturated heterocycles. The molecule has 1 fully saturated rings. The number of nitrogens with one attached hydrogen (secondary N) is 1. The largest absolute Gasteiger partial charge is 0.388 e. The van der Waals surface area contributed by atoms with Crippen LogP contribution < -0.4 is 5.32 Å². The summed E-state index contributed by atoms with van der Waals surface area (Å²) in [6.07, 6.45) is 1.72. The minimum atomic E-state index is -0.997. The molecule has 0 saturated carbocycles. The SMILES string of the molecule is CC(C)(O)[C@@H]1CCCN1C(=O)NCC[S@](=O)Cc1ccccc1. The number of amides is 2. The van der Waals surface area contributed by atoms with Crippen molar-refractivity contribution in [1.82, 2.24) is 10.2 Å². The molecule has 1 heterocycles. The molecular formula is C17H26N2O3S. The highest BCUT2D eigenvalue weighted by Crippen LogP contribution is 2.26. The van der Waals surface area contributed by atoms with Gasteiger partial charge in [-0.15, -0.1) is 0 Å². The molecule has 1 aliphatic heterocycles. The lowest BCUT2D eigenvalue weighted by molar-refractivity contribution is 0.00991. The van der Waals surface area contributed by atoms with Crippen molar-refractivity contribution in [2.24, 2.45) is 0 Å². The van der Waals surface area contributed by atoms with E-state index in [1.54, 1.807) is 18.7 Å². The maximum atomic E-state index is 12.2. The summed E-state index contributed by atoms with van der Waals surface area (Å²) in [6, 6.07) is 9.37. The van der Waals surface area contributed by atoms with Gasteiger partial charge in [0.05, 0.1) is 11.6 Å². The third-order valence-corrected chi connectivity index (χ3v) is 5.42. The van der Waals surface area contributed by atoms with Gasteiger partial charge in [0, 0.05) is 35.4 Å². The topological polar surface area (TPSA) is 69.6 Å². The summed E-state index contributed by atoms with van der Waals surface area (Å²) in [6.45, 7) is 4.51. The molecule has 2 N–H and O–H groups in total. The lowest BCUT2D eigenvalue weighted by Crippen LogP contribution is -2.51. The number of hydrogen-bond donors (Lipinski definition) is 2. The molecule has 6 heteroatoms. The number of likely N-dealkylation sites (tertiary alicyclic amines) is 1. The van der Waals surface area contributed by atoms with E-state index in [0.29, 0.717) is 24.6 Å². The molecule has 2 atom stereocenters. The van der Waals surface area contributed by atoms with Crippen molar-refractivity contribution in [2.45, 2.75) is 44.1 Å². The Morgan fingerprint density at radius 2 is 2.09 bits per heavy atom.